The van der Waals surface area contributed by atoms with E-state index in [0.29, 0.717) is 5.75 Å². The first-order valence-electron chi connectivity index (χ1n) is 4.04. The number of nitrogens with one attached hydrogen (secondary N) is 1. The molecule has 3 nitrogen and oxygen atoms in total. The quantitative estimate of drug-likeness (QED) is 0.612. The summed E-state index contributed by atoms with van der Waals surface area (Å²) in [4.78, 5) is 0. The van der Waals surface area contributed by atoms with Crippen molar-refractivity contribution < 1.29 is 9.84 Å². The Bertz CT molecular complexity index is 326. The van der Waals surface area contributed by atoms with Crippen LogP contribution in [0.5, 0.6) is 5.75 Å². The van der Waals surface area contributed by atoms with Crippen LogP contribution in [-0.2, 0) is 0 Å². The van der Waals surface area contributed by atoms with Crippen molar-refractivity contribution in [3.8, 4) is 5.75 Å². The van der Waals surface area contributed by atoms with E-state index in [2.05, 4.69) is 0 Å². The predicted octanol–water partition coefficient (Wildman–Crippen LogP) is 1.44. The van der Waals surface area contributed by atoms with Gasteiger partial charge in [-0.2, -0.15) is 0 Å². The molecule has 0 unspecified atom stereocenters. The standard InChI is InChI=1S/C10H13NO2.ClH/c1-7-4-3-5-9(8(7)2)13-6-10(11)12;/h3-5H,6H2,1-2H3,(H2,11,12);1H/p-1. The number of ether oxygens (including phenoxy) is 1. The Morgan fingerprint density at radius 3 is 2.64 bits per heavy atom. The summed E-state index contributed by atoms with van der Waals surface area (Å²) in [6.45, 7) is 3.73. The van der Waals surface area contributed by atoms with Crippen LogP contribution >= 0.6 is 12.4 Å². The van der Waals surface area contributed by atoms with Crippen molar-refractivity contribution in [3.63, 3.8) is 0 Å². The van der Waals surface area contributed by atoms with Crippen molar-refractivity contribution >= 4 is 18.3 Å². The first-order chi connectivity index (χ1) is 6.11. The maximum absolute atomic E-state index is 10.4. The minimum absolute atomic E-state index is 0. The third-order valence-electron chi connectivity index (χ3n) is 1.91. The molecule has 0 aliphatic rings. The van der Waals surface area contributed by atoms with Gasteiger partial charge in [-0.3, -0.25) is 0 Å². The Labute approximate surface area is 89.6 Å². The lowest BCUT2D eigenvalue weighted by Crippen LogP contribution is -2.23. The Balaban J connectivity index is 0.00000169. The van der Waals surface area contributed by atoms with Crippen molar-refractivity contribution in [3.05, 3.63) is 29.3 Å². The van der Waals surface area contributed by atoms with Gasteiger partial charge >= 0.3 is 0 Å². The molecule has 0 aromatic heterocycles. The van der Waals surface area contributed by atoms with Crippen molar-refractivity contribution in [1.29, 1.82) is 5.41 Å². The van der Waals surface area contributed by atoms with Gasteiger partial charge in [-0.1, -0.05) is 12.1 Å². The van der Waals surface area contributed by atoms with Gasteiger partial charge in [0.05, 0.1) is 0 Å². The highest BCUT2D eigenvalue weighted by Crippen LogP contribution is 2.20. The maximum atomic E-state index is 10.4. The van der Waals surface area contributed by atoms with E-state index < -0.39 is 5.90 Å². The average Bonchev–Trinajstić information content (AvgIpc) is 2.07. The molecule has 0 fully saturated rings. The maximum Gasteiger partial charge on any atom is 0.122 e. The molecule has 78 valence electrons. The largest absolute Gasteiger partial charge is 0.860 e. The summed E-state index contributed by atoms with van der Waals surface area (Å²) < 4.78 is 5.14. The second kappa shape index (κ2) is 5.50. The minimum Gasteiger partial charge on any atom is -0.860 e. The third-order valence-corrected chi connectivity index (χ3v) is 1.91. The molecule has 0 aliphatic carbocycles. The van der Waals surface area contributed by atoms with Gasteiger partial charge < -0.3 is 15.3 Å². The number of hydrogen-bond donors (Lipinski definition) is 1. The van der Waals surface area contributed by atoms with Crippen LogP contribution in [0.3, 0.4) is 0 Å². The van der Waals surface area contributed by atoms with Crippen LogP contribution < -0.4 is 9.84 Å². The molecule has 14 heavy (non-hydrogen) atoms. The lowest BCUT2D eigenvalue weighted by molar-refractivity contribution is -0.222. The van der Waals surface area contributed by atoms with Crippen molar-refractivity contribution in [2.45, 2.75) is 13.8 Å². The number of rotatable bonds is 3. The number of benzene rings is 1. The molecule has 0 spiro atoms. The van der Waals surface area contributed by atoms with Gasteiger partial charge in [0.15, 0.2) is 0 Å². The van der Waals surface area contributed by atoms with Crippen LogP contribution in [0.4, 0.5) is 0 Å². The van der Waals surface area contributed by atoms with Gasteiger partial charge in [-0.15, -0.1) is 12.4 Å². The van der Waals surface area contributed by atoms with E-state index in [1.165, 1.54) is 0 Å². The molecule has 1 N–H and O–H groups in total. The molecule has 0 aliphatic heterocycles. The Morgan fingerprint density at radius 2 is 2.07 bits per heavy atom. The summed E-state index contributed by atoms with van der Waals surface area (Å²) in [5.41, 5.74) is 2.14. The van der Waals surface area contributed by atoms with E-state index in [1.54, 1.807) is 6.07 Å². The van der Waals surface area contributed by atoms with Crippen molar-refractivity contribution in [2.24, 2.45) is 0 Å². The van der Waals surface area contributed by atoms with Gasteiger partial charge in [0, 0.05) is 0 Å². The smallest absolute Gasteiger partial charge is 0.122 e. The normalized spacial score (nSPS) is 9.00. The van der Waals surface area contributed by atoms with E-state index in [4.69, 9.17) is 10.1 Å². The fraction of sp³-hybridized carbons (Fsp3) is 0.300. The Hall–Kier alpha value is -1.22. The fourth-order valence-corrected chi connectivity index (χ4v) is 1.02. The first kappa shape index (κ1) is 12.8. The van der Waals surface area contributed by atoms with E-state index in [1.807, 2.05) is 26.0 Å². The Kier molecular flexibility index (Phi) is 5.02. The number of aryl methyl sites for hydroxylation is 1. The van der Waals surface area contributed by atoms with E-state index in [9.17, 15) is 5.11 Å². The van der Waals surface area contributed by atoms with Crippen LogP contribution in [-0.4, -0.2) is 12.5 Å². The predicted molar refractivity (Wildman–Crippen MR) is 56.4 cm³/mol. The zero-order chi connectivity index (χ0) is 9.84. The highest BCUT2D eigenvalue weighted by atomic mass is 35.5. The second-order valence-electron chi connectivity index (χ2n) is 2.91. The fourth-order valence-electron chi connectivity index (χ4n) is 1.02. The SMILES string of the molecule is Cc1cccc(OCC(=N)[O-])c1C.Cl. The minimum atomic E-state index is -0.707. The molecule has 4 heteroatoms. The van der Waals surface area contributed by atoms with Gasteiger partial charge in [-0.05, 0) is 36.9 Å². The van der Waals surface area contributed by atoms with Gasteiger partial charge in [0.25, 0.3) is 0 Å². The monoisotopic (exact) mass is 214 g/mol. The van der Waals surface area contributed by atoms with Crippen LogP contribution in [0.1, 0.15) is 11.1 Å². The molecular weight excluding hydrogens is 202 g/mol. The summed E-state index contributed by atoms with van der Waals surface area (Å²) in [5, 5.41) is 17.0. The molecule has 0 saturated carbocycles. The highest BCUT2D eigenvalue weighted by molar-refractivity contribution is 5.85. The highest BCUT2D eigenvalue weighted by Gasteiger charge is 2.00. The van der Waals surface area contributed by atoms with Gasteiger partial charge in [0.1, 0.15) is 12.4 Å². The molecule has 0 heterocycles. The molecule has 0 atom stereocenters. The third kappa shape index (κ3) is 3.26. The van der Waals surface area contributed by atoms with Crippen LogP contribution in [0, 0.1) is 19.3 Å². The lowest BCUT2D eigenvalue weighted by Gasteiger charge is -2.12. The van der Waals surface area contributed by atoms with E-state index >= 15 is 0 Å². The lowest BCUT2D eigenvalue weighted by atomic mass is 10.1. The number of halogens is 1. The zero-order valence-electron chi connectivity index (χ0n) is 8.16. The summed E-state index contributed by atoms with van der Waals surface area (Å²) in [7, 11) is 0. The van der Waals surface area contributed by atoms with Gasteiger partial charge in [0.2, 0.25) is 0 Å². The summed E-state index contributed by atoms with van der Waals surface area (Å²) in [5.74, 6) is -0.0264. The second-order valence-corrected chi connectivity index (χ2v) is 2.91. The van der Waals surface area contributed by atoms with E-state index in [-0.39, 0.29) is 19.0 Å². The molecular formula is C10H13ClNO2-. The molecule has 0 amide bonds. The topological polar surface area (TPSA) is 56.1 Å². The summed E-state index contributed by atoms with van der Waals surface area (Å²) >= 11 is 0. The van der Waals surface area contributed by atoms with Gasteiger partial charge in [-0.25, -0.2) is 0 Å². The average molecular weight is 215 g/mol. The molecule has 0 radical (unpaired) electrons. The van der Waals surface area contributed by atoms with Crippen LogP contribution in [0.2, 0.25) is 0 Å². The van der Waals surface area contributed by atoms with Crippen LogP contribution in [0.25, 0.3) is 0 Å². The van der Waals surface area contributed by atoms with Crippen molar-refractivity contribution in [1.82, 2.24) is 0 Å². The number of hydrogen-bond acceptors (Lipinski definition) is 3. The van der Waals surface area contributed by atoms with Crippen LogP contribution in [0.15, 0.2) is 18.2 Å². The summed E-state index contributed by atoms with van der Waals surface area (Å²) in [6.07, 6.45) is 0. The Morgan fingerprint density at radius 1 is 1.43 bits per heavy atom. The molecule has 0 saturated heterocycles. The van der Waals surface area contributed by atoms with Crippen molar-refractivity contribution in [2.75, 3.05) is 6.61 Å². The molecule has 1 aromatic carbocycles. The molecule has 1 aromatic rings. The molecule has 1 rings (SSSR count). The zero-order valence-corrected chi connectivity index (χ0v) is 8.98. The molecule has 0 bridgehead atoms. The summed E-state index contributed by atoms with van der Waals surface area (Å²) in [6, 6.07) is 5.64. The van der Waals surface area contributed by atoms with E-state index in [0.717, 1.165) is 11.1 Å². The first-order valence-corrected chi connectivity index (χ1v) is 4.04.